The molecule has 1 aliphatic carbocycles. The number of hydrogen-bond acceptors (Lipinski definition) is 3. The molecule has 0 saturated carbocycles. The molecule has 1 heterocycles. The molecule has 0 spiro atoms. The van der Waals surface area contributed by atoms with Crippen LogP contribution in [0.1, 0.15) is 30.0 Å². The molecule has 0 amide bonds. The number of nitrogens with zero attached hydrogens (tertiary/aromatic N) is 2. The van der Waals surface area contributed by atoms with Gasteiger partial charge in [-0.2, -0.15) is 5.10 Å². The first-order valence-corrected chi connectivity index (χ1v) is 7.15. The predicted molar refractivity (Wildman–Crippen MR) is 78.4 cm³/mol. The van der Waals surface area contributed by atoms with Gasteiger partial charge in [0.15, 0.2) is 0 Å². The first kappa shape index (κ1) is 12.5. The van der Waals surface area contributed by atoms with Gasteiger partial charge in [0.2, 0.25) is 0 Å². The maximum atomic E-state index is 6.08. The van der Waals surface area contributed by atoms with E-state index in [1.165, 1.54) is 11.1 Å². The van der Waals surface area contributed by atoms with Crippen LogP contribution >= 0.6 is 15.9 Å². The predicted octanol–water partition coefficient (Wildman–Crippen LogP) is 3.16. The summed E-state index contributed by atoms with van der Waals surface area (Å²) in [7, 11) is 1.69. The number of rotatable bonds is 2. The number of anilines is 1. The second-order valence-electron chi connectivity index (χ2n) is 4.80. The Morgan fingerprint density at radius 1 is 1.47 bits per heavy atom. The number of aryl methyl sites for hydroxylation is 1. The standard InChI is InChI=1S/C14H16BrN3O/c1-19-10-6-5-9-3-2-4-13(11(9)7-10)18-14(16)12(15)8-17-18/h5-8,13H,2-4,16H2,1H3. The van der Waals surface area contributed by atoms with Crippen LogP contribution in [-0.4, -0.2) is 16.9 Å². The summed E-state index contributed by atoms with van der Waals surface area (Å²) in [5.41, 5.74) is 8.72. The van der Waals surface area contributed by atoms with E-state index in [1.807, 2.05) is 10.7 Å². The van der Waals surface area contributed by atoms with Crippen molar-refractivity contribution in [2.75, 3.05) is 12.8 Å². The number of aromatic nitrogens is 2. The van der Waals surface area contributed by atoms with Gasteiger partial charge in [-0.15, -0.1) is 0 Å². The van der Waals surface area contributed by atoms with Crippen LogP contribution in [0.15, 0.2) is 28.9 Å². The fraction of sp³-hybridized carbons (Fsp3) is 0.357. The third-order valence-corrected chi connectivity index (χ3v) is 4.33. The fourth-order valence-corrected chi connectivity index (χ4v) is 3.01. The highest BCUT2D eigenvalue weighted by atomic mass is 79.9. The topological polar surface area (TPSA) is 53.1 Å². The number of nitrogen functional groups attached to an aromatic ring is 1. The van der Waals surface area contributed by atoms with Crippen molar-refractivity contribution in [3.05, 3.63) is 40.0 Å². The van der Waals surface area contributed by atoms with Crippen molar-refractivity contribution in [3.8, 4) is 5.75 Å². The lowest BCUT2D eigenvalue weighted by Crippen LogP contribution is -2.20. The summed E-state index contributed by atoms with van der Waals surface area (Å²) >= 11 is 3.42. The molecule has 0 saturated heterocycles. The number of fused-ring (bicyclic) bond motifs is 1. The van der Waals surface area contributed by atoms with Crippen molar-refractivity contribution in [2.24, 2.45) is 0 Å². The summed E-state index contributed by atoms with van der Waals surface area (Å²) in [5.74, 6) is 1.57. The van der Waals surface area contributed by atoms with Crippen molar-refractivity contribution in [1.29, 1.82) is 0 Å². The van der Waals surface area contributed by atoms with Crippen LogP contribution in [0, 0.1) is 0 Å². The quantitative estimate of drug-likeness (QED) is 0.924. The molecule has 1 aromatic heterocycles. The SMILES string of the molecule is COc1ccc2c(c1)C(n1ncc(Br)c1N)CCC2. The molecule has 5 heteroatoms. The summed E-state index contributed by atoms with van der Waals surface area (Å²) in [4.78, 5) is 0. The molecule has 2 N–H and O–H groups in total. The van der Waals surface area contributed by atoms with Gasteiger partial charge in [0.05, 0.1) is 23.8 Å². The fourth-order valence-electron chi connectivity index (χ4n) is 2.73. The van der Waals surface area contributed by atoms with Crippen LogP contribution in [0.25, 0.3) is 0 Å². The lowest BCUT2D eigenvalue weighted by molar-refractivity contribution is 0.408. The summed E-state index contributed by atoms with van der Waals surface area (Å²) in [6.07, 6.45) is 5.07. The minimum absolute atomic E-state index is 0.199. The van der Waals surface area contributed by atoms with Crippen LogP contribution in [0.3, 0.4) is 0 Å². The minimum Gasteiger partial charge on any atom is -0.497 e. The van der Waals surface area contributed by atoms with Crippen molar-refractivity contribution >= 4 is 21.7 Å². The molecular formula is C14H16BrN3O. The van der Waals surface area contributed by atoms with Gasteiger partial charge in [-0.25, -0.2) is 4.68 Å². The average Bonchev–Trinajstić information content (AvgIpc) is 2.78. The third kappa shape index (κ3) is 2.12. The van der Waals surface area contributed by atoms with E-state index in [2.05, 4.69) is 33.2 Å². The zero-order valence-electron chi connectivity index (χ0n) is 10.8. The molecule has 2 aromatic rings. The summed E-state index contributed by atoms with van der Waals surface area (Å²) in [6.45, 7) is 0. The van der Waals surface area contributed by atoms with E-state index in [9.17, 15) is 0 Å². The summed E-state index contributed by atoms with van der Waals surface area (Å²) in [5, 5.41) is 4.40. The van der Waals surface area contributed by atoms with Crippen molar-refractivity contribution < 1.29 is 4.74 Å². The third-order valence-electron chi connectivity index (χ3n) is 3.72. The van der Waals surface area contributed by atoms with Crippen LogP contribution in [0.5, 0.6) is 5.75 Å². The maximum Gasteiger partial charge on any atom is 0.136 e. The monoisotopic (exact) mass is 321 g/mol. The Balaban J connectivity index is 2.08. The smallest absolute Gasteiger partial charge is 0.136 e. The second kappa shape index (κ2) is 4.89. The van der Waals surface area contributed by atoms with Gasteiger partial charge in [0.25, 0.3) is 0 Å². The van der Waals surface area contributed by atoms with E-state index in [4.69, 9.17) is 10.5 Å². The highest BCUT2D eigenvalue weighted by molar-refractivity contribution is 9.10. The Hall–Kier alpha value is -1.49. The van der Waals surface area contributed by atoms with E-state index in [0.29, 0.717) is 5.82 Å². The van der Waals surface area contributed by atoms with E-state index < -0.39 is 0 Å². The van der Waals surface area contributed by atoms with Gasteiger partial charge >= 0.3 is 0 Å². The van der Waals surface area contributed by atoms with Crippen molar-refractivity contribution in [1.82, 2.24) is 9.78 Å². The Bertz CT molecular complexity index is 609. The number of benzene rings is 1. The van der Waals surface area contributed by atoms with Gasteiger partial charge in [-0.05, 0) is 58.5 Å². The number of halogens is 1. The van der Waals surface area contributed by atoms with E-state index in [1.54, 1.807) is 13.3 Å². The molecule has 1 unspecified atom stereocenters. The van der Waals surface area contributed by atoms with Crippen molar-refractivity contribution in [3.63, 3.8) is 0 Å². The Morgan fingerprint density at radius 2 is 2.32 bits per heavy atom. The van der Waals surface area contributed by atoms with Crippen LogP contribution < -0.4 is 10.5 Å². The molecule has 0 aliphatic heterocycles. The molecule has 100 valence electrons. The summed E-state index contributed by atoms with van der Waals surface area (Å²) in [6, 6.07) is 6.47. The molecule has 3 rings (SSSR count). The lowest BCUT2D eigenvalue weighted by atomic mass is 9.87. The van der Waals surface area contributed by atoms with Gasteiger partial charge in [0, 0.05) is 0 Å². The molecule has 1 aromatic carbocycles. The summed E-state index contributed by atoms with van der Waals surface area (Å²) < 4.78 is 8.08. The normalized spacial score (nSPS) is 18.1. The molecule has 0 fully saturated rings. The highest BCUT2D eigenvalue weighted by Crippen LogP contribution is 2.37. The van der Waals surface area contributed by atoms with Gasteiger partial charge in [-0.3, -0.25) is 0 Å². The second-order valence-corrected chi connectivity index (χ2v) is 5.65. The zero-order chi connectivity index (χ0) is 13.4. The first-order valence-electron chi connectivity index (χ1n) is 6.36. The average molecular weight is 322 g/mol. The van der Waals surface area contributed by atoms with Gasteiger partial charge < -0.3 is 10.5 Å². The lowest BCUT2D eigenvalue weighted by Gasteiger charge is -2.27. The van der Waals surface area contributed by atoms with Crippen LogP contribution in [0.4, 0.5) is 5.82 Å². The first-order chi connectivity index (χ1) is 9.20. The largest absolute Gasteiger partial charge is 0.497 e. The molecular weight excluding hydrogens is 306 g/mol. The molecule has 1 aliphatic rings. The molecule has 1 atom stereocenters. The molecule has 4 nitrogen and oxygen atoms in total. The maximum absolute atomic E-state index is 6.08. The minimum atomic E-state index is 0.199. The number of ether oxygens (including phenoxy) is 1. The molecule has 0 radical (unpaired) electrons. The van der Waals surface area contributed by atoms with E-state index in [-0.39, 0.29) is 6.04 Å². The zero-order valence-corrected chi connectivity index (χ0v) is 12.4. The van der Waals surface area contributed by atoms with Crippen LogP contribution in [0.2, 0.25) is 0 Å². The molecule has 0 bridgehead atoms. The van der Waals surface area contributed by atoms with Gasteiger partial charge in [-0.1, -0.05) is 6.07 Å². The Labute approximate surface area is 120 Å². The van der Waals surface area contributed by atoms with Crippen LogP contribution in [-0.2, 0) is 6.42 Å². The number of hydrogen-bond donors (Lipinski definition) is 1. The Morgan fingerprint density at radius 3 is 3.00 bits per heavy atom. The molecule has 19 heavy (non-hydrogen) atoms. The van der Waals surface area contributed by atoms with E-state index >= 15 is 0 Å². The van der Waals surface area contributed by atoms with Crippen molar-refractivity contribution in [2.45, 2.75) is 25.3 Å². The van der Waals surface area contributed by atoms with E-state index in [0.717, 1.165) is 29.5 Å². The number of nitrogens with two attached hydrogens (primary N) is 1. The Kier molecular flexibility index (Phi) is 3.22. The highest BCUT2D eigenvalue weighted by Gasteiger charge is 2.24. The number of methoxy groups -OCH3 is 1. The van der Waals surface area contributed by atoms with Gasteiger partial charge in [0.1, 0.15) is 11.6 Å².